The third kappa shape index (κ3) is 5.10. The Kier molecular flexibility index (Phi) is 5.24. The molecular formula is C14H9F3O4. The van der Waals surface area contributed by atoms with Crippen LogP contribution in [-0.4, -0.2) is 30.8 Å². The Hall–Kier alpha value is -2.62. The van der Waals surface area contributed by atoms with E-state index in [-0.39, 0.29) is 5.56 Å². The Labute approximate surface area is 117 Å². The minimum Gasteiger partial charge on any atom is -0.459 e. The highest BCUT2D eigenvalue weighted by Gasteiger charge is 2.39. The second kappa shape index (κ2) is 6.70. The van der Waals surface area contributed by atoms with Gasteiger partial charge in [-0.1, -0.05) is 18.1 Å². The number of halogens is 3. The molecule has 4 nitrogen and oxygen atoms in total. The third-order valence-electron chi connectivity index (χ3n) is 2.34. The van der Waals surface area contributed by atoms with Crippen LogP contribution in [0.5, 0.6) is 0 Å². The van der Waals surface area contributed by atoms with Gasteiger partial charge in [0.05, 0.1) is 13.5 Å². The van der Waals surface area contributed by atoms with Crippen molar-refractivity contribution in [3.8, 4) is 11.8 Å². The largest absolute Gasteiger partial charge is 0.459 e. The van der Waals surface area contributed by atoms with Gasteiger partial charge in [0.25, 0.3) is 0 Å². The lowest BCUT2D eigenvalue weighted by molar-refractivity contribution is -0.170. The summed E-state index contributed by atoms with van der Waals surface area (Å²) in [5.41, 5.74) is 0.329. The van der Waals surface area contributed by atoms with E-state index in [0.29, 0.717) is 5.56 Å². The fraction of sp³-hybridized carbons (Fsp3) is 0.214. The molecule has 0 heterocycles. The minimum atomic E-state index is -5.03. The summed E-state index contributed by atoms with van der Waals surface area (Å²) in [4.78, 5) is 33.0. The highest BCUT2D eigenvalue weighted by Crippen LogP contribution is 2.19. The van der Waals surface area contributed by atoms with Crippen LogP contribution in [0.15, 0.2) is 24.3 Å². The van der Waals surface area contributed by atoms with Crippen LogP contribution in [0.1, 0.15) is 22.3 Å². The number of methoxy groups -OCH3 is 1. The van der Waals surface area contributed by atoms with E-state index in [1.165, 1.54) is 24.3 Å². The first kappa shape index (κ1) is 16.4. The molecule has 21 heavy (non-hydrogen) atoms. The van der Waals surface area contributed by atoms with Crippen molar-refractivity contribution in [2.24, 2.45) is 0 Å². The van der Waals surface area contributed by atoms with Crippen molar-refractivity contribution in [1.82, 2.24) is 0 Å². The van der Waals surface area contributed by atoms with Crippen LogP contribution in [0.2, 0.25) is 0 Å². The predicted molar refractivity (Wildman–Crippen MR) is 65.3 cm³/mol. The number of hydrogen-bond acceptors (Lipinski definition) is 4. The van der Waals surface area contributed by atoms with Gasteiger partial charge in [0.15, 0.2) is 5.78 Å². The molecule has 110 valence electrons. The summed E-state index contributed by atoms with van der Waals surface area (Å²) in [6.45, 7) is 0. The third-order valence-corrected chi connectivity index (χ3v) is 2.34. The van der Waals surface area contributed by atoms with E-state index < -0.39 is 30.1 Å². The standard InChI is InChI=1S/C14H9F3O4/c1-21-13(20)7-4-9-2-5-10(6-3-9)11(18)8-12(19)14(15,16)17/h2-3,5-6H,8H2,1H3. The molecule has 0 bridgehead atoms. The smallest absolute Gasteiger partial charge is 0.450 e. The molecule has 0 unspecified atom stereocenters. The van der Waals surface area contributed by atoms with Crippen molar-refractivity contribution in [3.63, 3.8) is 0 Å². The quantitative estimate of drug-likeness (QED) is 0.370. The zero-order valence-corrected chi connectivity index (χ0v) is 10.8. The summed E-state index contributed by atoms with van der Waals surface area (Å²) in [5.74, 6) is 0.814. The van der Waals surface area contributed by atoms with Crippen LogP contribution in [0.3, 0.4) is 0 Å². The molecule has 0 aliphatic heterocycles. The van der Waals surface area contributed by atoms with E-state index in [0.717, 1.165) is 7.11 Å². The number of carbonyl (C=O) groups excluding carboxylic acids is 3. The van der Waals surface area contributed by atoms with E-state index in [9.17, 15) is 27.6 Å². The Morgan fingerprint density at radius 2 is 1.71 bits per heavy atom. The highest BCUT2D eigenvalue weighted by molar-refractivity contribution is 6.09. The molecule has 0 aromatic heterocycles. The molecule has 0 N–H and O–H groups in total. The molecular weight excluding hydrogens is 289 g/mol. The fourth-order valence-corrected chi connectivity index (χ4v) is 1.26. The minimum absolute atomic E-state index is 0.0452. The van der Waals surface area contributed by atoms with Crippen molar-refractivity contribution in [2.75, 3.05) is 7.11 Å². The first-order chi connectivity index (χ1) is 9.74. The summed E-state index contributed by atoms with van der Waals surface area (Å²) in [6, 6.07) is 5.16. The van der Waals surface area contributed by atoms with Gasteiger partial charge in [-0.25, -0.2) is 4.79 Å². The number of ketones is 2. The summed E-state index contributed by atoms with van der Waals surface area (Å²) >= 11 is 0. The Bertz CT molecular complexity index is 618. The maximum atomic E-state index is 12.0. The average Bonchev–Trinajstić information content (AvgIpc) is 2.44. The van der Waals surface area contributed by atoms with Crippen molar-refractivity contribution < 1.29 is 32.3 Å². The molecule has 7 heteroatoms. The number of Topliss-reactive ketones (excluding diaryl/α,β-unsaturated/α-hetero) is 2. The van der Waals surface area contributed by atoms with E-state index in [1.807, 2.05) is 0 Å². The van der Waals surface area contributed by atoms with Gasteiger partial charge < -0.3 is 4.74 Å². The first-order valence-corrected chi connectivity index (χ1v) is 5.57. The second-order valence-corrected chi connectivity index (χ2v) is 3.84. The van der Waals surface area contributed by atoms with Crippen molar-refractivity contribution >= 4 is 17.5 Å². The SMILES string of the molecule is COC(=O)C#Cc1ccc(C(=O)CC(=O)C(F)(F)F)cc1. The highest BCUT2D eigenvalue weighted by atomic mass is 19.4. The van der Waals surface area contributed by atoms with Crippen LogP contribution >= 0.6 is 0 Å². The van der Waals surface area contributed by atoms with Gasteiger partial charge in [0.1, 0.15) is 0 Å². The number of esters is 1. The lowest BCUT2D eigenvalue weighted by Gasteiger charge is -2.04. The molecule has 0 saturated heterocycles. The van der Waals surface area contributed by atoms with Crippen molar-refractivity contribution in [1.29, 1.82) is 0 Å². The number of alkyl halides is 3. The van der Waals surface area contributed by atoms with E-state index in [4.69, 9.17) is 0 Å². The summed E-state index contributed by atoms with van der Waals surface area (Å²) in [6.07, 6.45) is -6.27. The molecule has 0 aliphatic rings. The normalized spacial score (nSPS) is 10.3. The van der Waals surface area contributed by atoms with Crippen LogP contribution in [0.25, 0.3) is 0 Å². The summed E-state index contributed by atoms with van der Waals surface area (Å²) in [7, 11) is 1.16. The lowest BCUT2D eigenvalue weighted by atomic mass is 10.0. The molecule has 0 spiro atoms. The van der Waals surface area contributed by atoms with Gasteiger partial charge in [0.2, 0.25) is 5.78 Å². The lowest BCUT2D eigenvalue weighted by Crippen LogP contribution is -2.25. The van der Waals surface area contributed by atoms with Gasteiger partial charge in [-0.2, -0.15) is 13.2 Å². The number of ether oxygens (including phenoxy) is 1. The van der Waals surface area contributed by atoms with Gasteiger partial charge in [-0.15, -0.1) is 0 Å². The number of rotatable bonds is 3. The molecule has 1 aromatic rings. The van der Waals surface area contributed by atoms with E-state index in [1.54, 1.807) is 0 Å². The Morgan fingerprint density at radius 3 is 2.19 bits per heavy atom. The molecule has 0 saturated carbocycles. The molecule has 0 aliphatic carbocycles. The van der Waals surface area contributed by atoms with Crippen LogP contribution < -0.4 is 0 Å². The van der Waals surface area contributed by atoms with Gasteiger partial charge in [-0.3, -0.25) is 9.59 Å². The van der Waals surface area contributed by atoms with Crippen LogP contribution in [0, 0.1) is 11.8 Å². The number of carbonyl (C=O) groups is 3. The second-order valence-electron chi connectivity index (χ2n) is 3.84. The Morgan fingerprint density at radius 1 is 1.14 bits per heavy atom. The molecule has 1 rings (SSSR count). The fourth-order valence-electron chi connectivity index (χ4n) is 1.26. The molecule has 0 amide bonds. The number of benzene rings is 1. The summed E-state index contributed by atoms with van der Waals surface area (Å²) in [5, 5.41) is 0. The van der Waals surface area contributed by atoms with Crippen LogP contribution in [-0.2, 0) is 14.3 Å². The monoisotopic (exact) mass is 298 g/mol. The Balaban J connectivity index is 2.78. The maximum Gasteiger partial charge on any atom is 0.450 e. The van der Waals surface area contributed by atoms with Crippen molar-refractivity contribution in [2.45, 2.75) is 12.6 Å². The molecule has 0 fully saturated rings. The van der Waals surface area contributed by atoms with Gasteiger partial charge >= 0.3 is 12.1 Å². The zero-order chi connectivity index (χ0) is 16.0. The predicted octanol–water partition coefficient (Wildman–Crippen LogP) is 1.92. The van der Waals surface area contributed by atoms with E-state index in [2.05, 4.69) is 16.6 Å². The molecule has 0 atom stereocenters. The van der Waals surface area contributed by atoms with Crippen molar-refractivity contribution in [3.05, 3.63) is 35.4 Å². The summed E-state index contributed by atoms with van der Waals surface area (Å²) < 4.78 is 40.4. The average molecular weight is 298 g/mol. The maximum absolute atomic E-state index is 12.0. The zero-order valence-electron chi connectivity index (χ0n) is 10.8. The molecule has 0 radical (unpaired) electrons. The van der Waals surface area contributed by atoms with Crippen LogP contribution in [0.4, 0.5) is 13.2 Å². The number of hydrogen-bond donors (Lipinski definition) is 0. The molecule has 1 aromatic carbocycles. The van der Waals surface area contributed by atoms with Gasteiger partial charge in [-0.05, 0) is 12.1 Å². The first-order valence-electron chi connectivity index (χ1n) is 5.57. The topological polar surface area (TPSA) is 60.4 Å². The van der Waals surface area contributed by atoms with E-state index >= 15 is 0 Å². The van der Waals surface area contributed by atoms with Gasteiger partial charge in [0, 0.05) is 17.0 Å².